The van der Waals surface area contributed by atoms with E-state index in [0.717, 1.165) is 0 Å². The van der Waals surface area contributed by atoms with Crippen molar-refractivity contribution in [1.82, 2.24) is 0 Å². The standard InChI is InChI=1S/C15H18Te/c1-11(2)15(3,4)14-13-8-6-5-7-12(13)9-10-16-14/h5-10,14H,1H2,2-4H3. The third kappa shape index (κ3) is 1.99. The monoisotopic (exact) mass is 328 g/mol. The topological polar surface area (TPSA) is 0 Å². The van der Waals surface area contributed by atoms with Crippen molar-refractivity contribution in [3.05, 3.63) is 51.7 Å². The summed E-state index contributed by atoms with van der Waals surface area (Å²) in [5, 5.41) is 0. The minimum absolute atomic E-state index is 0.0916. The van der Waals surface area contributed by atoms with Crippen molar-refractivity contribution in [3.8, 4) is 0 Å². The summed E-state index contributed by atoms with van der Waals surface area (Å²) in [7, 11) is 0. The van der Waals surface area contributed by atoms with Crippen LogP contribution in [0, 0.1) is 5.41 Å². The molecule has 0 spiro atoms. The van der Waals surface area contributed by atoms with Crippen LogP contribution >= 0.6 is 0 Å². The normalized spacial score (nSPS) is 19.3. The Balaban J connectivity index is 2.47. The molecule has 1 aromatic rings. The molecule has 0 bridgehead atoms. The third-order valence-corrected chi connectivity index (χ3v) is 7.52. The van der Waals surface area contributed by atoms with Gasteiger partial charge in [0, 0.05) is 0 Å². The molecular formula is C15H18Te. The van der Waals surface area contributed by atoms with Crippen LogP contribution in [0.5, 0.6) is 0 Å². The maximum absolute atomic E-state index is 4.17. The van der Waals surface area contributed by atoms with Gasteiger partial charge in [-0.1, -0.05) is 0 Å². The molecule has 1 heteroatoms. The van der Waals surface area contributed by atoms with Crippen molar-refractivity contribution < 1.29 is 0 Å². The van der Waals surface area contributed by atoms with E-state index >= 15 is 0 Å². The summed E-state index contributed by atoms with van der Waals surface area (Å²) in [6.07, 6.45) is 2.29. The Kier molecular flexibility index (Phi) is 3.29. The molecule has 1 unspecified atom stereocenters. The zero-order valence-corrected chi connectivity index (χ0v) is 12.5. The number of allylic oxidation sites excluding steroid dienone is 1. The second-order valence-electron chi connectivity index (χ2n) is 4.95. The van der Waals surface area contributed by atoms with Gasteiger partial charge in [0.2, 0.25) is 0 Å². The van der Waals surface area contributed by atoms with Gasteiger partial charge >= 0.3 is 109 Å². The molecule has 1 aliphatic heterocycles. The molecule has 1 heterocycles. The van der Waals surface area contributed by atoms with E-state index in [1.54, 1.807) is 0 Å². The summed E-state index contributed by atoms with van der Waals surface area (Å²) in [5.74, 6) is 0. The second kappa shape index (κ2) is 4.40. The molecule has 0 saturated carbocycles. The average molecular weight is 326 g/mol. The SMILES string of the molecule is C=C(C)C(C)(C)C1[Te]C=Cc2ccccc21. The molecule has 16 heavy (non-hydrogen) atoms. The van der Waals surface area contributed by atoms with Crippen molar-refractivity contribution in [2.45, 2.75) is 24.7 Å². The van der Waals surface area contributed by atoms with Crippen molar-refractivity contribution in [1.29, 1.82) is 0 Å². The first-order valence-electron chi connectivity index (χ1n) is 5.60. The Morgan fingerprint density at radius 1 is 1.31 bits per heavy atom. The van der Waals surface area contributed by atoms with Crippen molar-refractivity contribution in [2.75, 3.05) is 0 Å². The molecule has 0 aliphatic carbocycles. The molecule has 0 nitrogen and oxygen atoms in total. The van der Waals surface area contributed by atoms with E-state index in [0.29, 0.717) is 3.97 Å². The summed E-state index contributed by atoms with van der Waals surface area (Å²) in [6.45, 7) is 11.0. The first kappa shape index (κ1) is 12.0. The van der Waals surface area contributed by atoms with Crippen LogP contribution in [0.2, 0.25) is 0 Å². The average Bonchev–Trinajstić information content (AvgIpc) is 2.28. The molecular weight excluding hydrogens is 308 g/mol. The summed E-state index contributed by atoms with van der Waals surface area (Å²) in [6, 6.07) is 8.80. The molecule has 0 N–H and O–H groups in total. The van der Waals surface area contributed by atoms with Crippen molar-refractivity contribution in [2.24, 2.45) is 5.41 Å². The Hall–Kier alpha value is -0.510. The zero-order valence-electron chi connectivity index (χ0n) is 10.2. The van der Waals surface area contributed by atoms with E-state index in [1.807, 2.05) is 0 Å². The van der Waals surface area contributed by atoms with E-state index in [-0.39, 0.29) is 26.3 Å². The number of fused-ring (bicyclic) bond motifs is 1. The van der Waals surface area contributed by atoms with Crippen molar-refractivity contribution in [3.63, 3.8) is 0 Å². The molecule has 0 amide bonds. The fourth-order valence-electron chi connectivity index (χ4n) is 1.95. The van der Waals surface area contributed by atoms with Gasteiger partial charge in [-0.2, -0.15) is 0 Å². The maximum atomic E-state index is 4.17. The van der Waals surface area contributed by atoms with E-state index < -0.39 is 0 Å². The quantitative estimate of drug-likeness (QED) is 0.569. The van der Waals surface area contributed by atoms with Crippen LogP contribution in [0.25, 0.3) is 6.08 Å². The van der Waals surface area contributed by atoms with E-state index in [2.05, 4.69) is 61.8 Å². The zero-order chi connectivity index (χ0) is 11.8. The predicted molar refractivity (Wildman–Crippen MR) is 72.6 cm³/mol. The van der Waals surface area contributed by atoms with Gasteiger partial charge in [0.1, 0.15) is 0 Å². The summed E-state index contributed by atoms with van der Waals surface area (Å²) >= 11 is -0.0916. The van der Waals surface area contributed by atoms with E-state index in [4.69, 9.17) is 0 Å². The number of hydrogen-bond acceptors (Lipinski definition) is 0. The van der Waals surface area contributed by atoms with Gasteiger partial charge in [-0.15, -0.1) is 0 Å². The second-order valence-corrected chi connectivity index (χ2v) is 7.85. The van der Waals surface area contributed by atoms with Crippen molar-refractivity contribution >= 4 is 27.0 Å². The van der Waals surface area contributed by atoms with Crippen LogP contribution < -0.4 is 0 Å². The third-order valence-electron chi connectivity index (χ3n) is 3.50. The van der Waals surface area contributed by atoms with Gasteiger partial charge in [0.15, 0.2) is 0 Å². The number of rotatable bonds is 2. The van der Waals surface area contributed by atoms with Gasteiger partial charge in [0.25, 0.3) is 0 Å². The predicted octanol–water partition coefficient (Wildman–Crippen LogP) is 4.02. The summed E-state index contributed by atoms with van der Waals surface area (Å²) < 4.78 is 3.11. The van der Waals surface area contributed by atoms with E-state index in [1.165, 1.54) is 16.7 Å². The van der Waals surface area contributed by atoms with Crippen LogP contribution in [0.3, 0.4) is 0 Å². The first-order valence-corrected chi connectivity index (χ1v) is 8.29. The Morgan fingerprint density at radius 2 is 2.00 bits per heavy atom. The number of hydrogen-bond donors (Lipinski definition) is 0. The first-order chi connectivity index (χ1) is 7.53. The molecule has 0 radical (unpaired) electrons. The fourth-order valence-corrected chi connectivity index (χ4v) is 5.62. The molecule has 2 rings (SSSR count). The van der Waals surface area contributed by atoms with Crippen LogP contribution in [-0.4, -0.2) is 20.9 Å². The van der Waals surface area contributed by atoms with Crippen LogP contribution in [-0.2, 0) is 0 Å². The molecule has 1 aromatic carbocycles. The molecule has 84 valence electrons. The van der Waals surface area contributed by atoms with Gasteiger partial charge in [-0.3, -0.25) is 0 Å². The Morgan fingerprint density at radius 3 is 2.69 bits per heavy atom. The summed E-state index contributed by atoms with van der Waals surface area (Å²) in [4.78, 5) is 0. The van der Waals surface area contributed by atoms with Crippen LogP contribution in [0.15, 0.2) is 40.5 Å². The minimum atomic E-state index is -0.0916. The molecule has 1 aliphatic rings. The van der Waals surface area contributed by atoms with Gasteiger partial charge in [0.05, 0.1) is 0 Å². The van der Waals surface area contributed by atoms with Gasteiger partial charge in [-0.05, 0) is 0 Å². The van der Waals surface area contributed by atoms with Gasteiger partial charge in [-0.25, -0.2) is 0 Å². The van der Waals surface area contributed by atoms with Crippen LogP contribution in [0.1, 0.15) is 35.9 Å². The van der Waals surface area contributed by atoms with Crippen LogP contribution in [0.4, 0.5) is 0 Å². The fraction of sp³-hybridized carbons (Fsp3) is 0.333. The van der Waals surface area contributed by atoms with Gasteiger partial charge < -0.3 is 0 Å². The number of benzene rings is 1. The summed E-state index contributed by atoms with van der Waals surface area (Å²) in [5.41, 5.74) is 4.45. The molecule has 0 aromatic heterocycles. The Bertz CT molecular complexity index is 441. The molecule has 1 atom stereocenters. The van der Waals surface area contributed by atoms with E-state index in [9.17, 15) is 0 Å². The Labute approximate surface area is 109 Å². The molecule has 0 fully saturated rings. The molecule has 0 saturated heterocycles.